The lowest BCUT2D eigenvalue weighted by Gasteiger charge is -2.18. The molecule has 22 heavy (non-hydrogen) atoms. The van der Waals surface area contributed by atoms with Crippen LogP contribution >= 0.6 is 11.8 Å². The Morgan fingerprint density at radius 1 is 1.14 bits per heavy atom. The fourth-order valence-corrected chi connectivity index (χ4v) is 3.17. The number of benzene rings is 2. The summed E-state index contributed by atoms with van der Waals surface area (Å²) in [7, 11) is 0. The van der Waals surface area contributed by atoms with Crippen LogP contribution in [0.2, 0.25) is 0 Å². The molecule has 1 aliphatic carbocycles. The monoisotopic (exact) mass is 315 g/mol. The van der Waals surface area contributed by atoms with Gasteiger partial charge in [-0.15, -0.1) is 11.8 Å². The minimum absolute atomic E-state index is 0.0232. The molecule has 4 heteroatoms. The molecular formula is C18H18FNOS. The Morgan fingerprint density at radius 3 is 2.45 bits per heavy atom. The summed E-state index contributed by atoms with van der Waals surface area (Å²) in [5.74, 6) is 0.672. The Balaban J connectivity index is 1.56. The van der Waals surface area contributed by atoms with E-state index in [1.807, 2.05) is 18.2 Å². The second-order valence-corrected chi connectivity index (χ2v) is 6.58. The third-order valence-corrected chi connectivity index (χ3v) is 4.76. The van der Waals surface area contributed by atoms with Crippen LogP contribution < -0.4 is 5.32 Å². The number of rotatable bonds is 6. The van der Waals surface area contributed by atoms with Gasteiger partial charge in [-0.1, -0.05) is 30.3 Å². The number of nitrogens with one attached hydrogen (secondary N) is 1. The van der Waals surface area contributed by atoms with Gasteiger partial charge in [0.1, 0.15) is 5.82 Å². The highest BCUT2D eigenvalue weighted by Gasteiger charge is 2.33. The maximum absolute atomic E-state index is 12.9. The summed E-state index contributed by atoms with van der Waals surface area (Å²) in [4.78, 5) is 13.1. The molecule has 3 rings (SSSR count). The molecule has 0 aromatic heterocycles. The predicted octanol–water partition coefficient (Wildman–Crippen LogP) is 4.19. The van der Waals surface area contributed by atoms with Gasteiger partial charge in [-0.25, -0.2) is 4.39 Å². The van der Waals surface area contributed by atoms with E-state index in [1.54, 1.807) is 12.1 Å². The van der Waals surface area contributed by atoms with Crippen LogP contribution in [0.3, 0.4) is 0 Å². The molecule has 1 fully saturated rings. The van der Waals surface area contributed by atoms with E-state index in [-0.39, 0.29) is 17.8 Å². The van der Waals surface area contributed by atoms with Gasteiger partial charge in [0, 0.05) is 4.90 Å². The summed E-state index contributed by atoms with van der Waals surface area (Å²) in [6.07, 6.45) is 2.34. The van der Waals surface area contributed by atoms with E-state index >= 15 is 0 Å². The van der Waals surface area contributed by atoms with Crippen molar-refractivity contribution in [3.8, 4) is 0 Å². The van der Waals surface area contributed by atoms with Crippen LogP contribution in [0.5, 0.6) is 0 Å². The Kier molecular flexibility index (Phi) is 4.78. The lowest BCUT2D eigenvalue weighted by Crippen LogP contribution is -2.31. The maximum Gasteiger partial charge on any atom is 0.230 e. The molecular weight excluding hydrogens is 297 g/mol. The molecule has 114 valence electrons. The van der Waals surface area contributed by atoms with Gasteiger partial charge in [-0.3, -0.25) is 4.79 Å². The molecule has 2 aromatic carbocycles. The van der Waals surface area contributed by atoms with Crippen LogP contribution in [0.15, 0.2) is 59.5 Å². The summed E-state index contributed by atoms with van der Waals surface area (Å²) in [6, 6.07) is 16.5. The van der Waals surface area contributed by atoms with Crippen molar-refractivity contribution in [3.63, 3.8) is 0 Å². The van der Waals surface area contributed by atoms with Gasteiger partial charge < -0.3 is 5.32 Å². The van der Waals surface area contributed by atoms with Gasteiger partial charge >= 0.3 is 0 Å². The third kappa shape index (κ3) is 4.10. The Morgan fingerprint density at radius 2 is 1.82 bits per heavy atom. The number of hydrogen-bond acceptors (Lipinski definition) is 2. The lowest BCUT2D eigenvalue weighted by atomic mass is 10.0. The summed E-state index contributed by atoms with van der Waals surface area (Å²) in [5, 5.41) is 3.14. The summed E-state index contributed by atoms with van der Waals surface area (Å²) >= 11 is 1.43. The van der Waals surface area contributed by atoms with Crippen LogP contribution in [0.1, 0.15) is 24.4 Å². The van der Waals surface area contributed by atoms with Crippen molar-refractivity contribution in [3.05, 3.63) is 66.0 Å². The van der Waals surface area contributed by atoms with Crippen molar-refractivity contribution < 1.29 is 9.18 Å². The first-order chi connectivity index (χ1) is 10.7. The molecule has 1 saturated carbocycles. The summed E-state index contributed by atoms with van der Waals surface area (Å²) < 4.78 is 12.9. The maximum atomic E-state index is 12.9. The van der Waals surface area contributed by atoms with E-state index in [0.717, 1.165) is 4.90 Å². The van der Waals surface area contributed by atoms with Crippen molar-refractivity contribution in [2.24, 2.45) is 5.92 Å². The van der Waals surface area contributed by atoms with Gasteiger partial charge in [-0.2, -0.15) is 0 Å². The van der Waals surface area contributed by atoms with E-state index in [1.165, 1.54) is 42.3 Å². The molecule has 2 nitrogen and oxygen atoms in total. The molecule has 2 aromatic rings. The summed E-state index contributed by atoms with van der Waals surface area (Å²) in [5.41, 5.74) is 1.17. The largest absolute Gasteiger partial charge is 0.348 e. The normalized spacial score (nSPS) is 15.3. The second kappa shape index (κ2) is 6.97. The van der Waals surface area contributed by atoms with E-state index < -0.39 is 0 Å². The fourth-order valence-electron chi connectivity index (χ4n) is 2.46. The van der Waals surface area contributed by atoms with Crippen molar-refractivity contribution in [2.45, 2.75) is 23.8 Å². The second-order valence-electron chi connectivity index (χ2n) is 5.54. The first-order valence-electron chi connectivity index (χ1n) is 7.45. The molecule has 1 unspecified atom stereocenters. The van der Waals surface area contributed by atoms with Gasteiger partial charge in [0.15, 0.2) is 0 Å². The van der Waals surface area contributed by atoms with E-state index in [4.69, 9.17) is 0 Å². The molecule has 1 amide bonds. The van der Waals surface area contributed by atoms with Crippen LogP contribution in [-0.4, -0.2) is 11.7 Å². The highest BCUT2D eigenvalue weighted by Crippen LogP contribution is 2.41. The SMILES string of the molecule is O=C(CSc1ccc(F)cc1)NC(c1ccccc1)C1CC1. The minimum Gasteiger partial charge on any atom is -0.348 e. The average Bonchev–Trinajstić information content (AvgIpc) is 3.38. The Hall–Kier alpha value is -1.81. The molecule has 0 bridgehead atoms. The smallest absolute Gasteiger partial charge is 0.230 e. The van der Waals surface area contributed by atoms with E-state index in [0.29, 0.717) is 11.7 Å². The Labute approximate surface area is 134 Å². The molecule has 0 aliphatic heterocycles. The third-order valence-electron chi connectivity index (χ3n) is 3.75. The zero-order valence-corrected chi connectivity index (χ0v) is 13.0. The summed E-state index contributed by atoms with van der Waals surface area (Å²) in [6.45, 7) is 0. The van der Waals surface area contributed by atoms with E-state index in [9.17, 15) is 9.18 Å². The van der Waals surface area contributed by atoms with Crippen LogP contribution in [0, 0.1) is 11.7 Å². The van der Waals surface area contributed by atoms with Gasteiger partial charge in [-0.05, 0) is 48.6 Å². The van der Waals surface area contributed by atoms with Crippen LogP contribution in [0.4, 0.5) is 4.39 Å². The molecule has 0 radical (unpaired) electrons. The first kappa shape index (κ1) is 15.1. The molecule has 1 atom stereocenters. The minimum atomic E-state index is -0.258. The standard InChI is InChI=1S/C18H18FNOS/c19-15-8-10-16(11-9-15)22-12-17(21)20-18(14-6-7-14)13-4-2-1-3-5-13/h1-5,8-11,14,18H,6-7,12H2,(H,20,21). The highest BCUT2D eigenvalue weighted by atomic mass is 32.2. The van der Waals surface area contributed by atoms with Crippen LogP contribution in [0.25, 0.3) is 0 Å². The molecule has 0 heterocycles. The first-order valence-corrected chi connectivity index (χ1v) is 8.43. The van der Waals surface area contributed by atoms with Crippen molar-refractivity contribution in [2.75, 3.05) is 5.75 Å². The van der Waals surface area contributed by atoms with Gasteiger partial charge in [0.05, 0.1) is 11.8 Å². The molecule has 0 spiro atoms. The van der Waals surface area contributed by atoms with Crippen LogP contribution in [-0.2, 0) is 4.79 Å². The predicted molar refractivity (Wildman–Crippen MR) is 87.2 cm³/mol. The topological polar surface area (TPSA) is 29.1 Å². The van der Waals surface area contributed by atoms with Gasteiger partial charge in [0.2, 0.25) is 5.91 Å². The zero-order chi connectivity index (χ0) is 15.4. The van der Waals surface area contributed by atoms with Crippen molar-refractivity contribution in [1.29, 1.82) is 0 Å². The number of halogens is 1. The number of hydrogen-bond donors (Lipinski definition) is 1. The van der Waals surface area contributed by atoms with Crippen molar-refractivity contribution >= 4 is 17.7 Å². The highest BCUT2D eigenvalue weighted by molar-refractivity contribution is 8.00. The molecule has 1 aliphatic rings. The lowest BCUT2D eigenvalue weighted by molar-refractivity contribution is -0.119. The molecule has 1 N–H and O–H groups in total. The number of carbonyl (C=O) groups is 1. The molecule has 0 saturated heterocycles. The quantitative estimate of drug-likeness (QED) is 0.810. The number of thioether (sulfide) groups is 1. The Bertz CT molecular complexity index is 625. The van der Waals surface area contributed by atoms with Crippen molar-refractivity contribution in [1.82, 2.24) is 5.32 Å². The number of carbonyl (C=O) groups excluding carboxylic acids is 1. The average molecular weight is 315 g/mol. The van der Waals surface area contributed by atoms with E-state index in [2.05, 4.69) is 17.4 Å². The van der Waals surface area contributed by atoms with Gasteiger partial charge in [0.25, 0.3) is 0 Å². The number of amides is 1. The fraction of sp³-hybridized carbons (Fsp3) is 0.278. The zero-order valence-electron chi connectivity index (χ0n) is 12.2.